The molecule has 128 valence electrons. The second-order valence-electron chi connectivity index (χ2n) is 6.09. The van der Waals surface area contributed by atoms with E-state index in [1.54, 1.807) is 0 Å². The van der Waals surface area contributed by atoms with Gasteiger partial charge in [-0.05, 0) is 24.6 Å². The fraction of sp³-hybridized carbons (Fsp3) is 0.100. The number of hydrogen-bond acceptors (Lipinski definition) is 4. The molecule has 4 aromatic rings. The molecular formula is C20H14ClN3O2. The number of fused-ring (bicyclic) bond motifs is 2. The fourth-order valence-corrected chi connectivity index (χ4v) is 3.48. The summed E-state index contributed by atoms with van der Waals surface area (Å²) in [5, 5.41) is 5.15. The maximum absolute atomic E-state index is 6.34. The highest BCUT2D eigenvalue weighted by Crippen LogP contribution is 2.38. The molecule has 0 fully saturated rings. The second-order valence-corrected chi connectivity index (χ2v) is 6.48. The van der Waals surface area contributed by atoms with Crippen LogP contribution in [0.4, 0.5) is 0 Å². The molecule has 0 saturated heterocycles. The summed E-state index contributed by atoms with van der Waals surface area (Å²) in [5.74, 6) is 1.48. The molecule has 3 heterocycles. The Morgan fingerprint density at radius 3 is 2.62 bits per heavy atom. The fourth-order valence-electron chi connectivity index (χ4n) is 3.30. The van der Waals surface area contributed by atoms with E-state index in [1.165, 1.54) is 0 Å². The largest absolute Gasteiger partial charge is 0.454 e. The van der Waals surface area contributed by atoms with E-state index in [0.29, 0.717) is 10.8 Å². The molecule has 26 heavy (non-hydrogen) atoms. The Balaban J connectivity index is 1.77. The number of nitrogens with zero attached hydrogens (tertiary/aromatic N) is 3. The van der Waals surface area contributed by atoms with Crippen LogP contribution in [0.2, 0.25) is 5.15 Å². The van der Waals surface area contributed by atoms with Crippen LogP contribution >= 0.6 is 11.6 Å². The van der Waals surface area contributed by atoms with Crippen molar-refractivity contribution in [3.05, 3.63) is 65.4 Å². The third kappa shape index (κ3) is 2.32. The molecule has 0 aliphatic carbocycles. The Morgan fingerprint density at radius 2 is 1.77 bits per heavy atom. The van der Waals surface area contributed by atoms with Crippen molar-refractivity contribution in [3.8, 4) is 33.9 Å². The molecule has 0 amide bonds. The highest BCUT2D eigenvalue weighted by Gasteiger charge is 2.20. The second kappa shape index (κ2) is 5.75. The lowest BCUT2D eigenvalue weighted by Crippen LogP contribution is -1.97. The van der Waals surface area contributed by atoms with Gasteiger partial charge in [-0.1, -0.05) is 48.0 Å². The summed E-state index contributed by atoms with van der Waals surface area (Å²) in [7, 11) is 0. The van der Waals surface area contributed by atoms with Gasteiger partial charge in [0.05, 0.1) is 11.4 Å². The first-order valence-corrected chi connectivity index (χ1v) is 8.60. The average molecular weight is 364 g/mol. The van der Waals surface area contributed by atoms with Crippen molar-refractivity contribution in [2.75, 3.05) is 6.79 Å². The van der Waals surface area contributed by atoms with Crippen LogP contribution in [0.3, 0.4) is 0 Å². The van der Waals surface area contributed by atoms with E-state index in [9.17, 15) is 0 Å². The van der Waals surface area contributed by atoms with Gasteiger partial charge in [-0.2, -0.15) is 5.10 Å². The number of aryl methyl sites for hydroxylation is 1. The summed E-state index contributed by atoms with van der Waals surface area (Å²) in [6.07, 6.45) is 0. The quantitative estimate of drug-likeness (QED) is 0.482. The molecular weight excluding hydrogens is 350 g/mol. The molecule has 0 spiro atoms. The van der Waals surface area contributed by atoms with E-state index in [0.717, 1.165) is 39.6 Å². The van der Waals surface area contributed by atoms with Gasteiger partial charge in [0.2, 0.25) is 6.79 Å². The van der Waals surface area contributed by atoms with Crippen molar-refractivity contribution < 1.29 is 9.47 Å². The van der Waals surface area contributed by atoms with E-state index < -0.39 is 0 Å². The van der Waals surface area contributed by atoms with Crippen molar-refractivity contribution in [1.82, 2.24) is 14.6 Å². The summed E-state index contributed by atoms with van der Waals surface area (Å²) in [6, 6.07) is 17.7. The average Bonchev–Trinajstić information content (AvgIpc) is 3.24. The highest BCUT2D eigenvalue weighted by molar-refractivity contribution is 6.29. The van der Waals surface area contributed by atoms with Gasteiger partial charge in [-0.15, -0.1) is 0 Å². The van der Waals surface area contributed by atoms with Gasteiger partial charge in [0, 0.05) is 17.2 Å². The third-order valence-corrected chi connectivity index (χ3v) is 4.66. The van der Waals surface area contributed by atoms with Gasteiger partial charge in [0.25, 0.3) is 0 Å². The van der Waals surface area contributed by atoms with Crippen molar-refractivity contribution in [2.45, 2.75) is 6.92 Å². The molecule has 1 aliphatic heterocycles. The van der Waals surface area contributed by atoms with E-state index in [-0.39, 0.29) is 6.79 Å². The molecule has 0 unspecified atom stereocenters. The van der Waals surface area contributed by atoms with Gasteiger partial charge in [0.1, 0.15) is 5.15 Å². The zero-order valence-corrected chi connectivity index (χ0v) is 14.7. The third-order valence-electron chi connectivity index (χ3n) is 4.46. The molecule has 2 aromatic carbocycles. The minimum atomic E-state index is 0.245. The van der Waals surface area contributed by atoms with Gasteiger partial charge in [0.15, 0.2) is 17.1 Å². The molecule has 6 heteroatoms. The van der Waals surface area contributed by atoms with Crippen molar-refractivity contribution in [3.63, 3.8) is 0 Å². The van der Waals surface area contributed by atoms with Gasteiger partial charge in [-0.3, -0.25) is 0 Å². The lowest BCUT2D eigenvalue weighted by molar-refractivity contribution is 0.174. The van der Waals surface area contributed by atoms with Crippen LogP contribution in [0.25, 0.3) is 28.0 Å². The van der Waals surface area contributed by atoms with E-state index >= 15 is 0 Å². The summed E-state index contributed by atoms with van der Waals surface area (Å²) in [6.45, 7) is 2.21. The number of hydrogen-bond donors (Lipinski definition) is 0. The number of halogens is 1. The number of ether oxygens (including phenoxy) is 2. The molecule has 5 nitrogen and oxygen atoms in total. The van der Waals surface area contributed by atoms with E-state index in [4.69, 9.17) is 26.2 Å². The van der Waals surface area contributed by atoms with Crippen LogP contribution in [0, 0.1) is 6.92 Å². The van der Waals surface area contributed by atoms with Crippen molar-refractivity contribution in [2.24, 2.45) is 0 Å². The SMILES string of the molecule is Cc1nn2c(-c3ccccc3)cc(Cl)nc2c1-c1ccc2c(c1)OCO2. The molecule has 5 rings (SSSR count). The minimum Gasteiger partial charge on any atom is -0.454 e. The Morgan fingerprint density at radius 1 is 0.962 bits per heavy atom. The Kier molecular flexibility index (Phi) is 3.36. The Bertz CT molecular complexity index is 1140. The smallest absolute Gasteiger partial charge is 0.231 e. The topological polar surface area (TPSA) is 48.7 Å². The molecule has 0 radical (unpaired) electrons. The van der Waals surface area contributed by atoms with E-state index in [1.807, 2.05) is 66.0 Å². The predicted molar refractivity (Wildman–Crippen MR) is 99.7 cm³/mol. The minimum absolute atomic E-state index is 0.245. The lowest BCUT2D eigenvalue weighted by Gasteiger charge is -2.07. The first-order valence-electron chi connectivity index (χ1n) is 8.22. The molecule has 1 aliphatic rings. The van der Waals surface area contributed by atoms with Crippen LogP contribution in [0.5, 0.6) is 11.5 Å². The zero-order chi connectivity index (χ0) is 17.7. The van der Waals surface area contributed by atoms with Gasteiger partial charge in [-0.25, -0.2) is 9.50 Å². The van der Waals surface area contributed by atoms with Gasteiger partial charge >= 0.3 is 0 Å². The summed E-state index contributed by atoms with van der Waals surface area (Å²) < 4.78 is 12.8. The van der Waals surface area contributed by atoms with Crippen molar-refractivity contribution >= 4 is 17.2 Å². The Hall–Kier alpha value is -3.05. The first kappa shape index (κ1) is 15.2. The van der Waals surface area contributed by atoms with E-state index in [2.05, 4.69) is 4.98 Å². The molecule has 2 aromatic heterocycles. The van der Waals surface area contributed by atoms with Crippen LogP contribution in [0.15, 0.2) is 54.6 Å². The Labute approximate surface area is 154 Å². The molecule has 0 atom stereocenters. The standard InChI is InChI=1S/C20H14ClN3O2/c1-12-19(14-7-8-16-17(9-14)26-11-25-16)20-22-18(21)10-15(24(20)23-12)13-5-3-2-4-6-13/h2-10H,11H2,1H3. The highest BCUT2D eigenvalue weighted by atomic mass is 35.5. The molecule has 0 bridgehead atoms. The number of benzene rings is 2. The lowest BCUT2D eigenvalue weighted by atomic mass is 10.1. The molecule has 0 N–H and O–H groups in total. The van der Waals surface area contributed by atoms with Crippen LogP contribution in [-0.2, 0) is 0 Å². The predicted octanol–water partition coefficient (Wildman–Crippen LogP) is 4.75. The zero-order valence-electron chi connectivity index (χ0n) is 13.9. The number of rotatable bonds is 2. The van der Waals surface area contributed by atoms with Crippen molar-refractivity contribution in [1.29, 1.82) is 0 Å². The molecule has 0 saturated carbocycles. The van der Waals surface area contributed by atoms with Crippen LogP contribution in [-0.4, -0.2) is 21.4 Å². The van der Waals surface area contributed by atoms with Crippen LogP contribution < -0.4 is 9.47 Å². The first-order chi connectivity index (χ1) is 12.7. The summed E-state index contributed by atoms with van der Waals surface area (Å²) >= 11 is 6.34. The summed E-state index contributed by atoms with van der Waals surface area (Å²) in [4.78, 5) is 4.55. The number of aromatic nitrogens is 3. The monoisotopic (exact) mass is 363 g/mol. The summed E-state index contributed by atoms with van der Waals surface area (Å²) in [5.41, 5.74) is 5.42. The maximum Gasteiger partial charge on any atom is 0.231 e. The maximum atomic E-state index is 6.34. The van der Waals surface area contributed by atoms with Gasteiger partial charge < -0.3 is 9.47 Å². The van der Waals surface area contributed by atoms with Crippen LogP contribution in [0.1, 0.15) is 5.69 Å². The normalized spacial score (nSPS) is 12.7.